The maximum absolute atomic E-state index is 8.85. The predicted molar refractivity (Wildman–Crippen MR) is 107 cm³/mol. The van der Waals surface area contributed by atoms with Crippen LogP contribution in [0.2, 0.25) is 0 Å². The molecule has 5 N–H and O–H groups in total. The summed E-state index contributed by atoms with van der Waals surface area (Å²) in [6, 6.07) is 2.15. The van der Waals surface area contributed by atoms with Crippen LogP contribution in [-0.2, 0) is 0 Å². The molecule has 2 aliphatic carbocycles. The number of aromatic nitrogens is 3. The van der Waals surface area contributed by atoms with Crippen LogP contribution in [0.1, 0.15) is 36.6 Å². The Labute approximate surface area is 174 Å². The number of ether oxygens (including phenoxy) is 2. The Morgan fingerprint density at radius 1 is 1.10 bits per heavy atom. The Morgan fingerprint density at radius 2 is 1.97 bits per heavy atom. The Balaban J connectivity index is 1.31. The monoisotopic (exact) mass is 408 g/mol. The first kappa shape index (κ1) is 19.0. The van der Waals surface area contributed by atoms with E-state index < -0.39 is 0 Å². The van der Waals surface area contributed by atoms with Gasteiger partial charge in [-0.25, -0.2) is 20.8 Å². The van der Waals surface area contributed by atoms with Crippen molar-refractivity contribution in [2.45, 2.75) is 43.6 Å². The van der Waals surface area contributed by atoms with Crippen molar-refractivity contribution in [3.05, 3.63) is 36.0 Å². The van der Waals surface area contributed by atoms with Crippen molar-refractivity contribution in [3.63, 3.8) is 0 Å². The van der Waals surface area contributed by atoms with Crippen LogP contribution in [0.5, 0.6) is 11.5 Å². The molecule has 30 heavy (non-hydrogen) atoms. The molecule has 3 fully saturated rings. The Kier molecular flexibility index (Phi) is 4.86. The van der Waals surface area contributed by atoms with E-state index in [4.69, 9.17) is 20.5 Å². The Hall–Kier alpha value is -3.00. The molecule has 1 aliphatic heterocycles. The molecule has 0 aromatic carbocycles. The molecule has 0 radical (unpaired) electrons. The molecular formula is C20H24N8O2. The lowest BCUT2D eigenvalue weighted by Gasteiger charge is -2.22. The summed E-state index contributed by atoms with van der Waals surface area (Å²) < 4.78 is 12.0. The van der Waals surface area contributed by atoms with Crippen LogP contribution in [0, 0.1) is 23.2 Å². The normalized spacial score (nSPS) is 31.6. The van der Waals surface area contributed by atoms with Gasteiger partial charge in [0.2, 0.25) is 0 Å². The van der Waals surface area contributed by atoms with E-state index >= 15 is 0 Å². The van der Waals surface area contributed by atoms with Crippen LogP contribution < -0.4 is 31.4 Å². The number of nitrogens with one attached hydrogen (secondary N) is 3. The molecule has 10 heteroatoms. The lowest BCUT2D eigenvalue weighted by molar-refractivity contribution is 0.178. The van der Waals surface area contributed by atoms with Gasteiger partial charge in [0.1, 0.15) is 29.5 Å². The van der Waals surface area contributed by atoms with Crippen molar-refractivity contribution in [3.8, 4) is 17.6 Å². The number of hydrogen-bond acceptors (Lipinski definition) is 10. The van der Waals surface area contributed by atoms with Gasteiger partial charge in [0.25, 0.3) is 0 Å². The van der Waals surface area contributed by atoms with Crippen LogP contribution in [0.25, 0.3) is 0 Å². The standard InChI is InChI=1S/C20H24N8O2/c1-29-16-7-23-8-17(30-15-3-13(22)11-2-12(11)15)20(16)14-4-18(28-27-14)26-19-9-24-10(5-21)6-25-19/h6-9,11-15,18,27-28H,2-4,22H2,1H3,(H,25,26)/t11-,12+,13-,14?,15-,18?/m0/s1. The van der Waals surface area contributed by atoms with Gasteiger partial charge >= 0.3 is 0 Å². The van der Waals surface area contributed by atoms with Crippen molar-refractivity contribution in [2.75, 3.05) is 12.4 Å². The lowest BCUT2D eigenvalue weighted by atomic mass is 10.0. The van der Waals surface area contributed by atoms with Crippen LogP contribution in [0.4, 0.5) is 5.82 Å². The summed E-state index contributed by atoms with van der Waals surface area (Å²) in [5.41, 5.74) is 14.0. The van der Waals surface area contributed by atoms with Crippen LogP contribution in [0.3, 0.4) is 0 Å². The van der Waals surface area contributed by atoms with Gasteiger partial charge in [0.15, 0.2) is 5.69 Å². The largest absolute Gasteiger partial charge is 0.495 e. The summed E-state index contributed by atoms with van der Waals surface area (Å²) in [4.78, 5) is 12.6. The maximum atomic E-state index is 8.85. The molecule has 2 aromatic rings. The number of pyridine rings is 1. The highest BCUT2D eigenvalue weighted by molar-refractivity contribution is 5.45. The fourth-order valence-corrected chi connectivity index (χ4v) is 4.58. The number of hydrogen-bond donors (Lipinski definition) is 4. The average Bonchev–Trinajstić information content (AvgIpc) is 3.36. The molecule has 3 heterocycles. The summed E-state index contributed by atoms with van der Waals surface area (Å²) in [5, 5.41) is 12.1. The summed E-state index contributed by atoms with van der Waals surface area (Å²) in [7, 11) is 1.64. The minimum Gasteiger partial charge on any atom is -0.495 e. The molecule has 156 valence electrons. The minimum absolute atomic E-state index is 0.0492. The number of anilines is 1. The second-order valence-electron chi connectivity index (χ2n) is 8.05. The van der Waals surface area contributed by atoms with E-state index in [1.807, 2.05) is 6.07 Å². The molecule has 2 saturated carbocycles. The van der Waals surface area contributed by atoms with Crippen LogP contribution in [-0.4, -0.2) is 40.4 Å². The first-order valence-corrected chi connectivity index (χ1v) is 10.1. The number of hydrazine groups is 1. The summed E-state index contributed by atoms with van der Waals surface area (Å²) in [6.45, 7) is 0. The van der Waals surface area contributed by atoms with E-state index in [0.717, 1.165) is 24.2 Å². The second kappa shape index (κ2) is 7.68. The smallest absolute Gasteiger partial charge is 0.158 e. The molecule has 0 bridgehead atoms. The van der Waals surface area contributed by atoms with Gasteiger partial charge in [-0.3, -0.25) is 4.98 Å². The highest BCUT2D eigenvalue weighted by Gasteiger charge is 2.54. The van der Waals surface area contributed by atoms with E-state index in [1.165, 1.54) is 6.20 Å². The molecule has 0 spiro atoms. The first-order chi connectivity index (χ1) is 14.7. The fourth-order valence-electron chi connectivity index (χ4n) is 4.58. The van der Waals surface area contributed by atoms with Crippen LogP contribution in [0.15, 0.2) is 24.8 Å². The van der Waals surface area contributed by atoms with Gasteiger partial charge in [-0.05, 0) is 18.8 Å². The molecule has 6 atom stereocenters. The molecule has 2 aromatic heterocycles. The maximum Gasteiger partial charge on any atom is 0.158 e. The molecule has 1 saturated heterocycles. The van der Waals surface area contributed by atoms with Gasteiger partial charge in [-0.15, -0.1) is 0 Å². The molecule has 2 unspecified atom stereocenters. The van der Waals surface area contributed by atoms with E-state index in [9.17, 15) is 0 Å². The van der Waals surface area contributed by atoms with Gasteiger partial charge in [0, 0.05) is 18.4 Å². The van der Waals surface area contributed by atoms with Crippen LogP contribution >= 0.6 is 0 Å². The minimum atomic E-state index is -0.0873. The van der Waals surface area contributed by atoms with Gasteiger partial charge in [0.05, 0.1) is 49.7 Å². The number of nitrogens with two attached hydrogens (primary N) is 1. The second-order valence-corrected chi connectivity index (χ2v) is 8.05. The van der Waals surface area contributed by atoms with Crippen molar-refractivity contribution in [2.24, 2.45) is 17.6 Å². The van der Waals surface area contributed by atoms with Crippen molar-refractivity contribution in [1.29, 1.82) is 5.26 Å². The zero-order chi connectivity index (χ0) is 20.7. The zero-order valence-electron chi connectivity index (χ0n) is 16.6. The van der Waals surface area contributed by atoms with Gasteiger partial charge < -0.3 is 20.5 Å². The topological polar surface area (TPSA) is 143 Å². The van der Waals surface area contributed by atoms with Crippen molar-refractivity contribution < 1.29 is 9.47 Å². The molecule has 3 aliphatic rings. The number of fused-ring (bicyclic) bond motifs is 1. The summed E-state index contributed by atoms with van der Waals surface area (Å²) >= 11 is 0. The summed E-state index contributed by atoms with van der Waals surface area (Å²) in [6.07, 6.45) is 9.25. The molecular weight excluding hydrogens is 384 g/mol. The van der Waals surface area contributed by atoms with Gasteiger partial charge in [-0.2, -0.15) is 5.26 Å². The predicted octanol–water partition coefficient (Wildman–Crippen LogP) is 0.844. The summed E-state index contributed by atoms with van der Waals surface area (Å²) in [5.74, 6) is 3.16. The zero-order valence-corrected chi connectivity index (χ0v) is 16.6. The molecule has 10 nitrogen and oxygen atoms in total. The van der Waals surface area contributed by atoms with E-state index in [-0.39, 0.29) is 30.0 Å². The fraction of sp³-hybridized carbons (Fsp3) is 0.500. The lowest BCUT2D eigenvalue weighted by Crippen LogP contribution is -2.36. The van der Waals surface area contributed by atoms with E-state index in [0.29, 0.717) is 29.8 Å². The number of methoxy groups -OCH3 is 1. The Morgan fingerprint density at radius 3 is 2.63 bits per heavy atom. The molecule has 5 rings (SSSR count). The quantitative estimate of drug-likeness (QED) is 0.543. The van der Waals surface area contributed by atoms with Gasteiger partial charge in [-0.1, -0.05) is 0 Å². The van der Waals surface area contributed by atoms with E-state index in [2.05, 4.69) is 31.1 Å². The third-order valence-electron chi connectivity index (χ3n) is 6.18. The number of nitriles is 1. The highest BCUT2D eigenvalue weighted by atomic mass is 16.5. The third kappa shape index (κ3) is 3.52. The van der Waals surface area contributed by atoms with Crippen molar-refractivity contribution >= 4 is 5.82 Å². The first-order valence-electron chi connectivity index (χ1n) is 10.1. The number of nitrogens with zero attached hydrogens (tertiary/aromatic N) is 4. The average molecular weight is 408 g/mol. The number of rotatable bonds is 6. The Bertz CT molecular complexity index is 962. The third-order valence-corrected chi connectivity index (χ3v) is 6.18. The van der Waals surface area contributed by atoms with E-state index in [1.54, 1.807) is 25.7 Å². The molecule has 0 amide bonds. The SMILES string of the molecule is COc1cncc(O[C@H]2C[C@H](N)[C@H]3C[C@H]32)c1C1CC(Nc2cnc(C#N)cn2)NN1. The highest BCUT2D eigenvalue weighted by Crippen LogP contribution is 2.53. The van der Waals surface area contributed by atoms with Crippen molar-refractivity contribution in [1.82, 2.24) is 25.8 Å².